The van der Waals surface area contributed by atoms with Gasteiger partial charge < -0.3 is 10.0 Å². The van der Waals surface area contributed by atoms with Gasteiger partial charge in [-0.25, -0.2) is 0 Å². The average molecular weight is 360 g/mol. The second-order valence-corrected chi connectivity index (χ2v) is 8.00. The van der Waals surface area contributed by atoms with Crippen LogP contribution in [-0.4, -0.2) is 28.4 Å². The van der Waals surface area contributed by atoms with Crippen molar-refractivity contribution in [1.29, 1.82) is 0 Å². The molecule has 20 heavy (non-hydrogen) atoms. The molecule has 0 radical (unpaired) electrons. The molecule has 1 N–H and O–H groups in total. The van der Waals surface area contributed by atoms with E-state index in [1.807, 2.05) is 26.0 Å². The molecule has 1 aliphatic heterocycles. The van der Waals surface area contributed by atoms with Crippen LogP contribution in [0, 0.1) is 11.8 Å². The number of piperidine rings is 1. The van der Waals surface area contributed by atoms with Gasteiger partial charge in [0.05, 0.1) is 15.7 Å². The maximum absolute atomic E-state index is 12.2. The molecule has 4 nitrogen and oxygen atoms in total. The highest BCUT2D eigenvalue weighted by molar-refractivity contribution is 9.11. The van der Waals surface area contributed by atoms with Crippen molar-refractivity contribution in [2.75, 3.05) is 6.54 Å². The highest BCUT2D eigenvalue weighted by atomic mass is 79.9. The van der Waals surface area contributed by atoms with E-state index in [2.05, 4.69) is 15.9 Å². The quantitative estimate of drug-likeness (QED) is 0.894. The molecule has 1 saturated heterocycles. The summed E-state index contributed by atoms with van der Waals surface area (Å²) >= 11 is 4.92. The number of hydrogen-bond acceptors (Lipinski definition) is 3. The van der Waals surface area contributed by atoms with Crippen LogP contribution < -0.4 is 0 Å². The molecule has 2 unspecified atom stereocenters. The molecule has 0 aromatic carbocycles. The van der Waals surface area contributed by atoms with Crippen LogP contribution in [0.15, 0.2) is 15.9 Å². The Kier molecular flexibility index (Phi) is 4.86. The lowest BCUT2D eigenvalue weighted by atomic mass is 9.87. The summed E-state index contributed by atoms with van der Waals surface area (Å²) in [5.41, 5.74) is 0. The number of rotatable bonds is 4. The van der Waals surface area contributed by atoms with Gasteiger partial charge in [-0.15, -0.1) is 11.3 Å². The van der Waals surface area contributed by atoms with Crippen molar-refractivity contribution in [2.24, 2.45) is 11.8 Å². The van der Waals surface area contributed by atoms with Gasteiger partial charge >= 0.3 is 5.97 Å². The molecule has 1 amide bonds. The number of aliphatic carboxylic acids is 1. The highest BCUT2D eigenvalue weighted by Crippen LogP contribution is 2.41. The first-order valence-corrected chi connectivity index (χ1v) is 8.28. The largest absolute Gasteiger partial charge is 0.481 e. The Labute approximate surface area is 130 Å². The summed E-state index contributed by atoms with van der Waals surface area (Å²) in [6, 6.07) is 3.49. The third-order valence-electron chi connectivity index (χ3n) is 3.47. The molecule has 0 aliphatic carbocycles. The third-order valence-corrected chi connectivity index (χ3v) is 5.17. The molecule has 1 aromatic heterocycles. The van der Waals surface area contributed by atoms with E-state index in [1.165, 1.54) is 11.3 Å². The zero-order valence-electron chi connectivity index (χ0n) is 11.5. The number of carboxylic acid groups (broad SMARTS) is 1. The van der Waals surface area contributed by atoms with E-state index in [1.54, 1.807) is 4.90 Å². The Morgan fingerprint density at radius 1 is 1.55 bits per heavy atom. The fourth-order valence-electron chi connectivity index (χ4n) is 2.66. The number of carboxylic acids is 1. The molecule has 2 atom stereocenters. The maximum atomic E-state index is 12.2. The van der Waals surface area contributed by atoms with Crippen LogP contribution in [0.3, 0.4) is 0 Å². The van der Waals surface area contributed by atoms with Crippen molar-refractivity contribution in [1.82, 2.24) is 4.90 Å². The van der Waals surface area contributed by atoms with Gasteiger partial charge in [0.15, 0.2) is 0 Å². The first-order chi connectivity index (χ1) is 9.40. The topological polar surface area (TPSA) is 57.6 Å². The number of amides is 1. The molecule has 0 spiro atoms. The van der Waals surface area contributed by atoms with Gasteiger partial charge in [-0.1, -0.05) is 13.8 Å². The van der Waals surface area contributed by atoms with Crippen LogP contribution in [0.1, 0.15) is 37.6 Å². The summed E-state index contributed by atoms with van der Waals surface area (Å²) in [6.45, 7) is 4.68. The molecule has 1 fully saturated rings. The fourth-order valence-corrected chi connectivity index (χ4v) is 4.26. The Bertz CT molecular complexity index is 514. The standard InChI is InChI=1S/C14H18BrNO3S/c1-8(2)7-16-12(17)6-3-9(14(18)19)13(16)10-4-5-11(15)20-10/h4-5,8-9,13H,3,6-7H2,1-2H3,(H,18,19). The SMILES string of the molecule is CC(C)CN1C(=O)CCC(C(=O)O)C1c1ccc(Br)s1. The van der Waals surface area contributed by atoms with Crippen molar-refractivity contribution in [2.45, 2.75) is 32.7 Å². The molecule has 0 saturated carbocycles. The lowest BCUT2D eigenvalue weighted by Gasteiger charge is -2.40. The van der Waals surface area contributed by atoms with Crippen LogP contribution in [0.5, 0.6) is 0 Å². The predicted molar refractivity (Wildman–Crippen MR) is 81.7 cm³/mol. The molecule has 2 heterocycles. The van der Waals surface area contributed by atoms with E-state index in [0.717, 1.165) is 8.66 Å². The maximum Gasteiger partial charge on any atom is 0.308 e. The van der Waals surface area contributed by atoms with E-state index in [0.29, 0.717) is 25.3 Å². The molecular formula is C14H18BrNO3S. The number of thiophene rings is 1. The van der Waals surface area contributed by atoms with Crippen LogP contribution in [-0.2, 0) is 9.59 Å². The van der Waals surface area contributed by atoms with Crippen molar-refractivity contribution < 1.29 is 14.7 Å². The van der Waals surface area contributed by atoms with Crippen molar-refractivity contribution in [3.8, 4) is 0 Å². The molecule has 110 valence electrons. The zero-order chi connectivity index (χ0) is 14.9. The van der Waals surface area contributed by atoms with Crippen molar-refractivity contribution in [3.05, 3.63) is 20.8 Å². The van der Waals surface area contributed by atoms with Gasteiger partial charge in [0, 0.05) is 17.8 Å². The monoisotopic (exact) mass is 359 g/mol. The van der Waals surface area contributed by atoms with Crippen LogP contribution in [0.25, 0.3) is 0 Å². The van der Waals surface area contributed by atoms with Gasteiger partial charge in [-0.3, -0.25) is 9.59 Å². The molecule has 0 bridgehead atoms. The normalized spacial score (nSPS) is 23.4. The lowest BCUT2D eigenvalue weighted by molar-refractivity contribution is -0.152. The average Bonchev–Trinajstić information content (AvgIpc) is 2.77. The Hall–Kier alpha value is -0.880. The summed E-state index contributed by atoms with van der Waals surface area (Å²) in [7, 11) is 0. The Morgan fingerprint density at radius 3 is 2.75 bits per heavy atom. The fraction of sp³-hybridized carbons (Fsp3) is 0.571. The smallest absolute Gasteiger partial charge is 0.308 e. The van der Waals surface area contributed by atoms with Gasteiger partial charge in [0.25, 0.3) is 0 Å². The second kappa shape index (κ2) is 6.26. The number of carbonyl (C=O) groups excluding carboxylic acids is 1. The summed E-state index contributed by atoms with van der Waals surface area (Å²) in [4.78, 5) is 26.4. The van der Waals surface area contributed by atoms with Crippen LogP contribution in [0.4, 0.5) is 0 Å². The Morgan fingerprint density at radius 2 is 2.25 bits per heavy atom. The molecule has 6 heteroatoms. The van der Waals surface area contributed by atoms with Crippen LogP contribution >= 0.6 is 27.3 Å². The number of nitrogens with zero attached hydrogens (tertiary/aromatic N) is 1. The van der Waals surface area contributed by atoms with E-state index in [4.69, 9.17) is 0 Å². The molecule has 1 aromatic rings. The third kappa shape index (κ3) is 3.23. The first-order valence-electron chi connectivity index (χ1n) is 6.67. The summed E-state index contributed by atoms with van der Waals surface area (Å²) in [6.07, 6.45) is 0.746. The van der Waals surface area contributed by atoms with Gasteiger partial charge in [0.2, 0.25) is 5.91 Å². The second-order valence-electron chi connectivity index (χ2n) is 5.51. The summed E-state index contributed by atoms with van der Waals surface area (Å²) in [5, 5.41) is 9.47. The molecular weight excluding hydrogens is 342 g/mol. The predicted octanol–water partition coefficient (Wildman–Crippen LogP) is 3.53. The van der Waals surface area contributed by atoms with Gasteiger partial charge in [0.1, 0.15) is 0 Å². The van der Waals surface area contributed by atoms with Crippen molar-refractivity contribution in [3.63, 3.8) is 0 Å². The van der Waals surface area contributed by atoms with E-state index >= 15 is 0 Å². The van der Waals surface area contributed by atoms with E-state index < -0.39 is 11.9 Å². The minimum absolute atomic E-state index is 0.0609. The number of halogens is 1. The number of carbonyl (C=O) groups is 2. The summed E-state index contributed by atoms with van der Waals surface area (Å²) in [5.74, 6) is -0.958. The Balaban J connectivity index is 2.38. The van der Waals surface area contributed by atoms with Gasteiger partial charge in [-0.05, 0) is 40.4 Å². The lowest BCUT2D eigenvalue weighted by Crippen LogP contribution is -2.46. The highest BCUT2D eigenvalue weighted by Gasteiger charge is 2.41. The first kappa shape index (κ1) is 15.5. The summed E-state index contributed by atoms with van der Waals surface area (Å²) < 4.78 is 0.958. The molecule has 1 aliphatic rings. The minimum Gasteiger partial charge on any atom is -0.481 e. The molecule has 2 rings (SSSR count). The van der Waals surface area contributed by atoms with Gasteiger partial charge in [-0.2, -0.15) is 0 Å². The minimum atomic E-state index is -0.819. The number of hydrogen-bond donors (Lipinski definition) is 1. The van der Waals surface area contributed by atoms with E-state index in [-0.39, 0.29) is 11.9 Å². The van der Waals surface area contributed by atoms with Crippen LogP contribution in [0.2, 0.25) is 0 Å². The van der Waals surface area contributed by atoms with Crippen molar-refractivity contribution >= 4 is 39.1 Å². The zero-order valence-corrected chi connectivity index (χ0v) is 13.9. The number of likely N-dealkylation sites (tertiary alicyclic amines) is 1. The van der Waals surface area contributed by atoms with E-state index in [9.17, 15) is 14.7 Å².